The van der Waals surface area contributed by atoms with Crippen molar-refractivity contribution in [2.75, 3.05) is 18.4 Å². The Labute approximate surface area is 229 Å². The number of aromatic nitrogens is 3. The molecular formula is C28H31F2N7O3. The normalized spacial score (nSPS) is 22.6. The van der Waals surface area contributed by atoms with Gasteiger partial charge >= 0.3 is 0 Å². The van der Waals surface area contributed by atoms with E-state index in [2.05, 4.69) is 32.1 Å². The molecule has 0 aromatic carbocycles. The van der Waals surface area contributed by atoms with Gasteiger partial charge in [-0.3, -0.25) is 14.6 Å². The largest absolute Gasteiger partial charge is 0.387 e. The molecule has 2 saturated carbocycles. The summed E-state index contributed by atoms with van der Waals surface area (Å²) in [5, 5.41) is 32.1. The molecule has 2 fully saturated rings. The first-order chi connectivity index (χ1) is 19.0. The van der Waals surface area contributed by atoms with E-state index in [1.54, 1.807) is 16.6 Å². The lowest BCUT2D eigenvalue weighted by Crippen LogP contribution is -2.43. The summed E-state index contributed by atoms with van der Waals surface area (Å²) < 4.78 is 29.0. The number of nitriles is 1. The molecule has 3 aromatic rings. The Morgan fingerprint density at radius 3 is 2.65 bits per heavy atom. The van der Waals surface area contributed by atoms with Crippen molar-refractivity contribution in [3.05, 3.63) is 47.8 Å². The Kier molecular flexibility index (Phi) is 7.42. The number of nitrogens with zero attached hydrogens (tertiary/aromatic N) is 4. The van der Waals surface area contributed by atoms with Crippen LogP contribution >= 0.6 is 0 Å². The van der Waals surface area contributed by atoms with Crippen LogP contribution in [0.25, 0.3) is 16.9 Å². The molecule has 2 aliphatic rings. The minimum absolute atomic E-state index is 0.0178. The van der Waals surface area contributed by atoms with Gasteiger partial charge in [0.2, 0.25) is 5.91 Å². The van der Waals surface area contributed by atoms with Gasteiger partial charge in [0.1, 0.15) is 18.4 Å². The number of fused-ring (bicyclic) bond motifs is 1. The fourth-order valence-electron chi connectivity index (χ4n) is 4.73. The average Bonchev–Trinajstić information content (AvgIpc) is 3.49. The first-order valence-corrected chi connectivity index (χ1v) is 13.2. The smallest absolute Gasteiger partial charge is 0.255 e. The van der Waals surface area contributed by atoms with E-state index in [1.807, 2.05) is 12.1 Å². The van der Waals surface area contributed by atoms with Crippen LogP contribution in [0.3, 0.4) is 0 Å². The van der Waals surface area contributed by atoms with E-state index in [9.17, 15) is 23.5 Å². The van der Waals surface area contributed by atoms with Gasteiger partial charge in [-0.15, -0.1) is 0 Å². The van der Waals surface area contributed by atoms with Crippen LogP contribution in [0.4, 0.5) is 14.5 Å². The van der Waals surface area contributed by atoms with Crippen LogP contribution in [0.15, 0.2) is 36.7 Å². The number of hydrogen-bond acceptors (Lipinski definition) is 7. The molecule has 0 spiro atoms. The maximum absolute atomic E-state index is 14.3. The number of amides is 2. The van der Waals surface area contributed by atoms with E-state index >= 15 is 0 Å². The second kappa shape index (κ2) is 10.8. The van der Waals surface area contributed by atoms with Gasteiger partial charge in [0.25, 0.3) is 5.91 Å². The fourth-order valence-corrected chi connectivity index (χ4v) is 4.73. The quantitative estimate of drug-likeness (QED) is 0.303. The monoisotopic (exact) mass is 551 g/mol. The standard InChI is InChI=1S/C28H31F2N7O3/c1-28(2,40)25(30)14-34-27(39)20-13-32-23(24-4-3-18-7-16(10-31)12-35-37(18)24)9-22(20)36-17-5-15(6-17)11-33-26(38)19-8-21(19)29/h3-4,7,9,12-13,15,17,19,21,25,40H,5-6,8,11,14H2,1-2H3,(H,32,36)(H,33,38)(H,34,39)/t15?,17?,19-,21+,25?/m0/s1. The highest BCUT2D eigenvalue weighted by Gasteiger charge is 2.44. The molecule has 40 heavy (non-hydrogen) atoms. The van der Waals surface area contributed by atoms with Crippen LogP contribution in [-0.4, -0.2) is 68.6 Å². The fraction of sp³-hybridized carbons (Fsp3) is 0.464. The maximum atomic E-state index is 14.3. The average molecular weight is 552 g/mol. The first kappa shape index (κ1) is 27.5. The number of hydrogen-bond donors (Lipinski definition) is 4. The highest BCUT2D eigenvalue weighted by molar-refractivity contribution is 6.00. The molecule has 4 N–H and O–H groups in total. The molecule has 3 atom stereocenters. The summed E-state index contributed by atoms with van der Waals surface area (Å²) in [5.41, 5.74) is 1.43. The van der Waals surface area contributed by atoms with Crippen LogP contribution in [0.1, 0.15) is 49.0 Å². The van der Waals surface area contributed by atoms with Crippen molar-refractivity contribution in [1.82, 2.24) is 25.2 Å². The summed E-state index contributed by atoms with van der Waals surface area (Å²) >= 11 is 0. The number of carbonyl (C=O) groups is 2. The van der Waals surface area contributed by atoms with Crippen molar-refractivity contribution in [3.8, 4) is 17.5 Å². The molecule has 0 aliphatic heterocycles. The zero-order chi connectivity index (χ0) is 28.6. The number of pyridine rings is 1. The van der Waals surface area contributed by atoms with Crippen LogP contribution in [0, 0.1) is 23.2 Å². The molecule has 210 valence electrons. The Balaban J connectivity index is 1.32. The molecule has 1 unspecified atom stereocenters. The Hall–Kier alpha value is -4.11. The molecule has 0 bridgehead atoms. The van der Waals surface area contributed by atoms with Crippen LogP contribution in [-0.2, 0) is 4.79 Å². The number of alkyl halides is 2. The lowest BCUT2D eigenvalue weighted by atomic mass is 9.80. The van der Waals surface area contributed by atoms with E-state index < -0.39 is 29.8 Å². The van der Waals surface area contributed by atoms with E-state index in [1.165, 1.54) is 26.2 Å². The number of halogens is 2. The minimum atomic E-state index is -1.66. The highest BCUT2D eigenvalue weighted by Crippen LogP contribution is 2.35. The number of anilines is 1. The van der Waals surface area contributed by atoms with Gasteiger partial charge in [-0.05, 0) is 63.3 Å². The summed E-state index contributed by atoms with van der Waals surface area (Å²) in [6, 6.07) is 9.14. The highest BCUT2D eigenvalue weighted by atomic mass is 19.1. The Morgan fingerprint density at radius 2 is 1.98 bits per heavy atom. The minimum Gasteiger partial charge on any atom is -0.387 e. The number of rotatable bonds is 10. The lowest BCUT2D eigenvalue weighted by Gasteiger charge is -2.37. The van der Waals surface area contributed by atoms with Crippen molar-refractivity contribution < 1.29 is 23.5 Å². The second-order valence-electron chi connectivity index (χ2n) is 11.1. The predicted octanol–water partition coefficient (Wildman–Crippen LogP) is 2.77. The van der Waals surface area contributed by atoms with E-state index in [4.69, 9.17) is 5.26 Å². The number of nitrogens with one attached hydrogen (secondary N) is 3. The molecule has 10 nitrogen and oxygen atoms in total. The molecular weight excluding hydrogens is 520 g/mol. The third-order valence-corrected chi connectivity index (χ3v) is 7.46. The topological polar surface area (TPSA) is 144 Å². The molecule has 3 heterocycles. The summed E-state index contributed by atoms with van der Waals surface area (Å²) in [6.45, 7) is 2.76. The van der Waals surface area contributed by atoms with Crippen molar-refractivity contribution >= 4 is 23.0 Å². The molecule has 0 saturated heterocycles. The summed E-state index contributed by atoms with van der Waals surface area (Å²) in [4.78, 5) is 29.4. The van der Waals surface area contributed by atoms with Gasteiger partial charge in [0.15, 0.2) is 0 Å². The van der Waals surface area contributed by atoms with Crippen LogP contribution in [0.5, 0.6) is 0 Å². The van der Waals surface area contributed by atoms with Gasteiger partial charge < -0.3 is 21.1 Å². The molecule has 3 aromatic heterocycles. The van der Waals surface area contributed by atoms with Crippen LogP contribution in [0.2, 0.25) is 0 Å². The Morgan fingerprint density at radius 1 is 1.23 bits per heavy atom. The molecule has 0 radical (unpaired) electrons. The van der Waals surface area contributed by atoms with E-state index in [0.29, 0.717) is 41.1 Å². The third-order valence-electron chi connectivity index (χ3n) is 7.46. The summed E-state index contributed by atoms with van der Waals surface area (Å²) in [6.07, 6.45) is 1.94. The number of carbonyl (C=O) groups excluding carboxylic acids is 2. The SMILES string of the molecule is CC(C)(O)C(F)CNC(=O)c1cnc(-c2ccc3cc(C#N)cnn23)cc1NC1CC(CNC(=O)[C@H]2C[C@H]2F)C1. The van der Waals surface area contributed by atoms with Crippen molar-refractivity contribution in [2.45, 2.75) is 57.1 Å². The second-order valence-corrected chi connectivity index (χ2v) is 11.1. The van der Waals surface area contributed by atoms with Gasteiger partial charge in [0.05, 0.1) is 58.0 Å². The zero-order valence-electron chi connectivity index (χ0n) is 22.2. The third kappa shape index (κ3) is 5.89. The van der Waals surface area contributed by atoms with E-state index in [0.717, 1.165) is 12.8 Å². The van der Waals surface area contributed by atoms with Crippen LogP contribution < -0.4 is 16.0 Å². The first-order valence-electron chi connectivity index (χ1n) is 13.2. The summed E-state index contributed by atoms with van der Waals surface area (Å²) in [5.74, 6) is -1.08. The molecule has 12 heteroatoms. The van der Waals surface area contributed by atoms with Gasteiger partial charge in [0, 0.05) is 18.8 Å². The maximum Gasteiger partial charge on any atom is 0.255 e. The van der Waals surface area contributed by atoms with Gasteiger partial charge in [-0.25, -0.2) is 13.3 Å². The van der Waals surface area contributed by atoms with Crippen molar-refractivity contribution in [3.63, 3.8) is 0 Å². The molecule has 2 amide bonds. The molecule has 5 rings (SSSR count). The van der Waals surface area contributed by atoms with Gasteiger partial charge in [-0.2, -0.15) is 10.4 Å². The zero-order valence-corrected chi connectivity index (χ0v) is 22.2. The lowest BCUT2D eigenvalue weighted by molar-refractivity contribution is -0.123. The predicted molar refractivity (Wildman–Crippen MR) is 143 cm³/mol. The van der Waals surface area contributed by atoms with Gasteiger partial charge in [-0.1, -0.05) is 0 Å². The van der Waals surface area contributed by atoms with Crippen molar-refractivity contribution in [1.29, 1.82) is 5.26 Å². The van der Waals surface area contributed by atoms with E-state index in [-0.39, 0.29) is 30.0 Å². The number of aliphatic hydroxyl groups is 1. The van der Waals surface area contributed by atoms with Crippen molar-refractivity contribution in [2.24, 2.45) is 11.8 Å². The molecule has 2 aliphatic carbocycles. The summed E-state index contributed by atoms with van der Waals surface area (Å²) in [7, 11) is 0. The Bertz CT molecular complexity index is 1470.